The van der Waals surface area contributed by atoms with E-state index in [4.69, 9.17) is 0 Å². The average molecular weight is 309 g/mol. The van der Waals surface area contributed by atoms with E-state index in [1.165, 1.54) is 16.6 Å². The SMILES string of the molecule is O=C(CSc1nnnn1Cc1cccs1)N1CCCC1. The predicted octanol–water partition coefficient (Wildman–Crippen LogP) is 1.50. The van der Waals surface area contributed by atoms with Crippen molar-refractivity contribution in [2.75, 3.05) is 18.8 Å². The van der Waals surface area contributed by atoms with E-state index in [2.05, 4.69) is 21.6 Å². The second-order valence-electron chi connectivity index (χ2n) is 4.58. The van der Waals surface area contributed by atoms with Crippen molar-refractivity contribution < 1.29 is 4.79 Å². The maximum Gasteiger partial charge on any atom is 0.233 e. The highest BCUT2D eigenvalue weighted by Crippen LogP contribution is 2.18. The lowest BCUT2D eigenvalue weighted by Crippen LogP contribution is -2.29. The van der Waals surface area contributed by atoms with Gasteiger partial charge in [-0.15, -0.1) is 16.4 Å². The molecular weight excluding hydrogens is 294 g/mol. The van der Waals surface area contributed by atoms with Crippen LogP contribution in [0, 0.1) is 0 Å². The minimum absolute atomic E-state index is 0.179. The van der Waals surface area contributed by atoms with Gasteiger partial charge in [-0.3, -0.25) is 4.79 Å². The van der Waals surface area contributed by atoms with E-state index >= 15 is 0 Å². The standard InChI is InChI=1S/C12H15N5OS2/c18-11(16-5-1-2-6-16)9-20-12-13-14-15-17(12)8-10-4-3-7-19-10/h3-4,7H,1-2,5-6,8-9H2. The molecule has 1 aliphatic heterocycles. The van der Waals surface area contributed by atoms with Gasteiger partial charge in [0, 0.05) is 18.0 Å². The summed E-state index contributed by atoms with van der Waals surface area (Å²) in [6.07, 6.45) is 2.24. The molecule has 0 bridgehead atoms. The Labute approximate surface area is 125 Å². The Morgan fingerprint density at radius 3 is 3.00 bits per heavy atom. The fourth-order valence-electron chi connectivity index (χ4n) is 2.13. The number of nitrogens with zero attached hydrogens (tertiary/aromatic N) is 5. The molecule has 0 atom stereocenters. The summed E-state index contributed by atoms with van der Waals surface area (Å²) in [5, 5.41) is 14.4. The number of likely N-dealkylation sites (tertiary alicyclic amines) is 1. The second-order valence-corrected chi connectivity index (χ2v) is 6.55. The normalized spacial score (nSPS) is 14.9. The molecule has 1 aliphatic rings. The Bertz CT molecular complexity index is 562. The molecule has 0 radical (unpaired) electrons. The van der Waals surface area contributed by atoms with Crippen LogP contribution >= 0.6 is 23.1 Å². The summed E-state index contributed by atoms with van der Waals surface area (Å²) in [7, 11) is 0. The fraction of sp³-hybridized carbons (Fsp3) is 0.500. The van der Waals surface area contributed by atoms with Gasteiger partial charge in [-0.25, -0.2) is 4.68 Å². The van der Waals surface area contributed by atoms with Crippen molar-refractivity contribution in [3.8, 4) is 0 Å². The summed E-state index contributed by atoms with van der Waals surface area (Å²) < 4.78 is 1.74. The van der Waals surface area contributed by atoms with Crippen LogP contribution in [0.5, 0.6) is 0 Å². The molecule has 0 aliphatic carbocycles. The number of thiophene rings is 1. The van der Waals surface area contributed by atoms with Crippen molar-refractivity contribution in [3.63, 3.8) is 0 Å². The summed E-state index contributed by atoms with van der Waals surface area (Å²) in [6.45, 7) is 2.43. The number of hydrogen-bond donors (Lipinski definition) is 0. The zero-order valence-electron chi connectivity index (χ0n) is 10.9. The third kappa shape index (κ3) is 3.18. The van der Waals surface area contributed by atoms with Crippen LogP contribution in [0.1, 0.15) is 17.7 Å². The van der Waals surface area contributed by atoms with Crippen molar-refractivity contribution in [2.45, 2.75) is 24.5 Å². The fourth-order valence-corrected chi connectivity index (χ4v) is 3.60. The van der Waals surface area contributed by atoms with E-state index in [0.29, 0.717) is 17.5 Å². The first kappa shape index (κ1) is 13.6. The molecule has 1 fully saturated rings. The number of carbonyl (C=O) groups is 1. The molecule has 3 heterocycles. The van der Waals surface area contributed by atoms with E-state index < -0.39 is 0 Å². The molecule has 1 saturated heterocycles. The zero-order chi connectivity index (χ0) is 13.8. The Kier molecular flexibility index (Phi) is 4.31. The Hall–Kier alpha value is -1.41. The van der Waals surface area contributed by atoms with Gasteiger partial charge in [-0.05, 0) is 34.7 Å². The van der Waals surface area contributed by atoms with E-state index in [-0.39, 0.29) is 5.91 Å². The third-order valence-electron chi connectivity index (χ3n) is 3.17. The number of hydrogen-bond acceptors (Lipinski definition) is 6. The van der Waals surface area contributed by atoms with Crippen LogP contribution in [-0.2, 0) is 11.3 Å². The van der Waals surface area contributed by atoms with Crippen LogP contribution in [0.15, 0.2) is 22.7 Å². The first-order valence-corrected chi connectivity index (χ1v) is 8.38. The molecule has 8 heteroatoms. The van der Waals surface area contributed by atoms with Crippen molar-refractivity contribution in [1.29, 1.82) is 0 Å². The largest absolute Gasteiger partial charge is 0.342 e. The van der Waals surface area contributed by atoms with Crippen molar-refractivity contribution in [1.82, 2.24) is 25.1 Å². The Morgan fingerprint density at radius 1 is 1.40 bits per heavy atom. The van der Waals surface area contributed by atoms with E-state index in [1.54, 1.807) is 16.0 Å². The molecular formula is C12H15N5OS2. The van der Waals surface area contributed by atoms with Crippen LogP contribution < -0.4 is 0 Å². The molecule has 3 rings (SSSR count). The van der Waals surface area contributed by atoms with E-state index in [9.17, 15) is 4.79 Å². The quantitative estimate of drug-likeness (QED) is 0.783. The molecule has 0 spiro atoms. The highest BCUT2D eigenvalue weighted by Gasteiger charge is 2.19. The molecule has 0 saturated carbocycles. The molecule has 20 heavy (non-hydrogen) atoms. The molecule has 2 aromatic rings. The molecule has 0 N–H and O–H groups in total. The monoisotopic (exact) mass is 309 g/mol. The van der Waals surface area contributed by atoms with Gasteiger partial charge < -0.3 is 4.90 Å². The molecule has 2 aromatic heterocycles. The number of amides is 1. The number of thioether (sulfide) groups is 1. The highest BCUT2D eigenvalue weighted by atomic mass is 32.2. The number of tetrazole rings is 1. The minimum Gasteiger partial charge on any atom is -0.342 e. The van der Waals surface area contributed by atoms with E-state index in [0.717, 1.165) is 25.9 Å². The van der Waals surface area contributed by atoms with Crippen LogP contribution in [0.25, 0.3) is 0 Å². The Balaban J connectivity index is 1.57. The number of aromatic nitrogens is 4. The molecule has 0 unspecified atom stereocenters. The van der Waals surface area contributed by atoms with Crippen LogP contribution in [-0.4, -0.2) is 49.9 Å². The molecule has 106 valence electrons. The first-order chi connectivity index (χ1) is 9.83. The average Bonchev–Trinajstić information content (AvgIpc) is 3.20. The van der Waals surface area contributed by atoms with Gasteiger partial charge in [0.15, 0.2) is 0 Å². The van der Waals surface area contributed by atoms with E-state index in [1.807, 2.05) is 16.3 Å². The maximum absolute atomic E-state index is 12.0. The van der Waals surface area contributed by atoms with Crippen molar-refractivity contribution >= 4 is 29.0 Å². The first-order valence-electron chi connectivity index (χ1n) is 6.52. The number of carbonyl (C=O) groups excluding carboxylic acids is 1. The lowest BCUT2D eigenvalue weighted by molar-refractivity contribution is -0.127. The van der Waals surface area contributed by atoms with Crippen LogP contribution in [0.3, 0.4) is 0 Å². The van der Waals surface area contributed by atoms with Crippen molar-refractivity contribution in [3.05, 3.63) is 22.4 Å². The lowest BCUT2D eigenvalue weighted by Gasteiger charge is -2.14. The topological polar surface area (TPSA) is 63.9 Å². The van der Waals surface area contributed by atoms with Gasteiger partial charge >= 0.3 is 0 Å². The smallest absolute Gasteiger partial charge is 0.233 e. The molecule has 0 aromatic carbocycles. The summed E-state index contributed by atoms with van der Waals surface area (Å²) in [5.41, 5.74) is 0. The summed E-state index contributed by atoms with van der Waals surface area (Å²) >= 11 is 3.08. The van der Waals surface area contributed by atoms with Gasteiger partial charge in [0.25, 0.3) is 0 Å². The van der Waals surface area contributed by atoms with Crippen LogP contribution in [0.4, 0.5) is 0 Å². The Morgan fingerprint density at radius 2 is 2.25 bits per heavy atom. The third-order valence-corrected chi connectivity index (χ3v) is 4.97. The van der Waals surface area contributed by atoms with Crippen molar-refractivity contribution in [2.24, 2.45) is 0 Å². The minimum atomic E-state index is 0.179. The summed E-state index contributed by atoms with van der Waals surface area (Å²) in [4.78, 5) is 15.1. The zero-order valence-corrected chi connectivity index (χ0v) is 12.6. The number of rotatable bonds is 5. The predicted molar refractivity (Wildman–Crippen MR) is 77.8 cm³/mol. The molecule has 6 nitrogen and oxygen atoms in total. The second kappa shape index (κ2) is 6.36. The molecule has 1 amide bonds. The van der Waals surface area contributed by atoms with Crippen LogP contribution in [0.2, 0.25) is 0 Å². The van der Waals surface area contributed by atoms with Gasteiger partial charge in [0.2, 0.25) is 11.1 Å². The lowest BCUT2D eigenvalue weighted by atomic mass is 10.4. The summed E-state index contributed by atoms with van der Waals surface area (Å²) in [6, 6.07) is 4.06. The van der Waals surface area contributed by atoms with Gasteiger partial charge in [-0.1, -0.05) is 17.8 Å². The summed E-state index contributed by atoms with van der Waals surface area (Å²) in [5.74, 6) is 0.586. The van der Waals surface area contributed by atoms with Gasteiger partial charge in [-0.2, -0.15) is 0 Å². The van der Waals surface area contributed by atoms with Gasteiger partial charge in [0.1, 0.15) is 0 Å². The van der Waals surface area contributed by atoms with Gasteiger partial charge in [0.05, 0.1) is 12.3 Å². The maximum atomic E-state index is 12.0. The highest BCUT2D eigenvalue weighted by molar-refractivity contribution is 7.99.